The molecule has 112 valence electrons. The van der Waals surface area contributed by atoms with Crippen molar-refractivity contribution < 1.29 is 10.2 Å². The van der Waals surface area contributed by atoms with Crippen LogP contribution in [0.3, 0.4) is 0 Å². The summed E-state index contributed by atoms with van der Waals surface area (Å²) < 4.78 is 0. The summed E-state index contributed by atoms with van der Waals surface area (Å²) >= 11 is 0. The number of hydrogen-bond acceptors (Lipinski definition) is 2. The standard InChI is InChI=1S/2C8H17O.Mg/c2*1-7(2)4-5-8(3)6-9;/h2*7-8H,4-6H2,1-3H3;/q2*-1;+2. The molecule has 0 saturated heterocycles. The van der Waals surface area contributed by atoms with Crippen molar-refractivity contribution in [3.8, 4) is 0 Å². The van der Waals surface area contributed by atoms with Crippen molar-refractivity contribution in [1.82, 2.24) is 0 Å². The average molecular weight is 283 g/mol. The Balaban J connectivity index is -0.000000256. The van der Waals surface area contributed by atoms with Crippen LogP contribution in [0.25, 0.3) is 0 Å². The number of rotatable bonds is 8. The zero-order valence-corrected chi connectivity index (χ0v) is 15.5. The molecule has 19 heavy (non-hydrogen) atoms. The summed E-state index contributed by atoms with van der Waals surface area (Å²) in [5, 5.41) is 20.5. The molecule has 0 spiro atoms. The minimum atomic E-state index is 0. The van der Waals surface area contributed by atoms with Crippen molar-refractivity contribution in [1.29, 1.82) is 0 Å². The van der Waals surface area contributed by atoms with Crippen LogP contribution in [0.2, 0.25) is 0 Å². The van der Waals surface area contributed by atoms with Gasteiger partial charge in [0.25, 0.3) is 0 Å². The average Bonchev–Trinajstić information content (AvgIpc) is 2.33. The summed E-state index contributed by atoms with van der Waals surface area (Å²) in [5.74, 6) is 2.26. The predicted octanol–water partition coefficient (Wildman–Crippen LogP) is 2.46. The summed E-state index contributed by atoms with van der Waals surface area (Å²) in [6, 6.07) is 0. The fourth-order valence-electron chi connectivity index (χ4n) is 1.40. The summed E-state index contributed by atoms with van der Waals surface area (Å²) in [5.41, 5.74) is 0. The Labute approximate surface area is 137 Å². The molecular formula is C16H34MgO2. The molecule has 0 aromatic heterocycles. The second-order valence-corrected chi connectivity index (χ2v) is 6.49. The predicted molar refractivity (Wildman–Crippen MR) is 82.0 cm³/mol. The molecule has 0 saturated carbocycles. The second-order valence-electron chi connectivity index (χ2n) is 6.49. The van der Waals surface area contributed by atoms with Crippen LogP contribution in [0, 0.1) is 23.7 Å². The molecule has 0 aliphatic carbocycles. The Morgan fingerprint density at radius 2 is 0.842 bits per heavy atom. The molecule has 0 fully saturated rings. The van der Waals surface area contributed by atoms with E-state index in [0.29, 0.717) is 11.8 Å². The van der Waals surface area contributed by atoms with E-state index in [0.717, 1.165) is 24.7 Å². The van der Waals surface area contributed by atoms with Gasteiger partial charge in [0.2, 0.25) is 0 Å². The maximum atomic E-state index is 10.2. The van der Waals surface area contributed by atoms with Crippen LogP contribution in [-0.2, 0) is 0 Å². The zero-order chi connectivity index (χ0) is 14.6. The SMILES string of the molecule is CC(C)CCC(C)C[O-].CC(C)CCC(C)C[O-].[Mg+2]. The van der Waals surface area contributed by atoms with Gasteiger partial charge in [0.1, 0.15) is 0 Å². The third-order valence-corrected chi connectivity index (χ3v) is 3.04. The van der Waals surface area contributed by atoms with Gasteiger partial charge in [-0.15, -0.1) is 13.2 Å². The Hall–Kier alpha value is 0.686. The van der Waals surface area contributed by atoms with Crippen molar-refractivity contribution in [2.24, 2.45) is 23.7 Å². The molecule has 2 atom stereocenters. The van der Waals surface area contributed by atoms with E-state index in [1.165, 1.54) is 12.8 Å². The summed E-state index contributed by atoms with van der Waals surface area (Å²) in [7, 11) is 0. The van der Waals surface area contributed by atoms with Crippen LogP contribution in [0.15, 0.2) is 0 Å². The van der Waals surface area contributed by atoms with Gasteiger partial charge in [-0.2, -0.15) is 0 Å². The fraction of sp³-hybridized carbons (Fsp3) is 1.00. The van der Waals surface area contributed by atoms with Crippen molar-refractivity contribution in [3.05, 3.63) is 0 Å². The molecule has 0 N–H and O–H groups in total. The quantitative estimate of drug-likeness (QED) is 0.642. The first-order valence-electron chi connectivity index (χ1n) is 7.49. The number of hydrogen-bond donors (Lipinski definition) is 0. The van der Waals surface area contributed by atoms with Crippen LogP contribution in [0.1, 0.15) is 67.2 Å². The van der Waals surface area contributed by atoms with Crippen molar-refractivity contribution in [2.45, 2.75) is 67.2 Å². The molecule has 0 radical (unpaired) electrons. The molecule has 0 aromatic rings. The van der Waals surface area contributed by atoms with Gasteiger partial charge in [0.05, 0.1) is 0 Å². The van der Waals surface area contributed by atoms with Crippen LogP contribution in [0.5, 0.6) is 0 Å². The first kappa shape index (κ1) is 24.7. The van der Waals surface area contributed by atoms with E-state index in [2.05, 4.69) is 27.7 Å². The smallest absolute Gasteiger partial charge is 0.854 e. The van der Waals surface area contributed by atoms with E-state index in [1.807, 2.05) is 13.8 Å². The molecule has 2 nitrogen and oxygen atoms in total. The van der Waals surface area contributed by atoms with Gasteiger partial charge in [0, 0.05) is 0 Å². The third kappa shape index (κ3) is 24.1. The second kappa shape index (κ2) is 16.7. The fourth-order valence-corrected chi connectivity index (χ4v) is 1.40. The third-order valence-electron chi connectivity index (χ3n) is 3.04. The van der Waals surface area contributed by atoms with Gasteiger partial charge in [-0.1, -0.05) is 79.1 Å². The maximum Gasteiger partial charge on any atom is 2.00 e. The first-order chi connectivity index (χ1) is 8.33. The van der Waals surface area contributed by atoms with Crippen LogP contribution in [-0.4, -0.2) is 36.3 Å². The van der Waals surface area contributed by atoms with Crippen LogP contribution in [0.4, 0.5) is 0 Å². The van der Waals surface area contributed by atoms with Gasteiger partial charge in [0.15, 0.2) is 0 Å². The van der Waals surface area contributed by atoms with E-state index in [1.54, 1.807) is 0 Å². The molecule has 0 amide bonds. The van der Waals surface area contributed by atoms with E-state index in [-0.39, 0.29) is 36.3 Å². The summed E-state index contributed by atoms with van der Waals surface area (Å²) in [6.45, 7) is 13.0. The minimum Gasteiger partial charge on any atom is -0.854 e. The van der Waals surface area contributed by atoms with E-state index < -0.39 is 0 Å². The van der Waals surface area contributed by atoms with Gasteiger partial charge >= 0.3 is 23.1 Å². The first-order valence-corrected chi connectivity index (χ1v) is 7.49. The molecule has 0 rings (SSSR count). The van der Waals surface area contributed by atoms with Crippen LogP contribution >= 0.6 is 0 Å². The molecule has 0 aliphatic rings. The van der Waals surface area contributed by atoms with Crippen molar-refractivity contribution in [2.75, 3.05) is 13.2 Å². The molecule has 0 aromatic carbocycles. The topological polar surface area (TPSA) is 46.1 Å². The largest absolute Gasteiger partial charge is 2.00 e. The summed E-state index contributed by atoms with van der Waals surface area (Å²) in [6.07, 6.45) is 4.59. The molecule has 0 aliphatic heterocycles. The van der Waals surface area contributed by atoms with Gasteiger partial charge in [-0.25, -0.2) is 0 Å². The molecule has 3 heteroatoms. The Bertz CT molecular complexity index is 143. The Morgan fingerprint density at radius 1 is 0.579 bits per heavy atom. The van der Waals surface area contributed by atoms with Gasteiger partial charge in [-0.05, 0) is 11.8 Å². The normalized spacial score (nSPS) is 13.6. The van der Waals surface area contributed by atoms with E-state index in [9.17, 15) is 10.2 Å². The molecular weight excluding hydrogens is 248 g/mol. The van der Waals surface area contributed by atoms with Crippen molar-refractivity contribution in [3.63, 3.8) is 0 Å². The van der Waals surface area contributed by atoms with Crippen LogP contribution < -0.4 is 10.2 Å². The van der Waals surface area contributed by atoms with Crippen molar-refractivity contribution >= 4 is 23.1 Å². The molecule has 0 heterocycles. The monoisotopic (exact) mass is 282 g/mol. The van der Waals surface area contributed by atoms with E-state index >= 15 is 0 Å². The van der Waals surface area contributed by atoms with E-state index in [4.69, 9.17) is 0 Å². The Kier molecular flexibility index (Phi) is 21.8. The summed E-state index contributed by atoms with van der Waals surface area (Å²) in [4.78, 5) is 0. The zero-order valence-electron chi connectivity index (χ0n) is 14.1. The maximum absolute atomic E-state index is 10.2. The molecule has 2 unspecified atom stereocenters. The van der Waals surface area contributed by atoms with Gasteiger partial charge in [-0.3, -0.25) is 0 Å². The Morgan fingerprint density at radius 3 is 1.00 bits per heavy atom. The minimum absolute atomic E-state index is 0. The molecule has 0 bridgehead atoms. The van der Waals surface area contributed by atoms with Gasteiger partial charge < -0.3 is 10.2 Å².